The van der Waals surface area contributed by atoms with Crippen molar-refractivity contribution in [1.29, 1.82) is 0 Å². The first-order chi connectivity index (χ1) is 20.9. The Morgan fingerprint density at radius 1 is 0.930 bits per heavy atom. The molecule has 0 saturated carbocycles. The third-order valence-corrected chi connectivity index (χ3v) is 7.69. The van der Waals surface area contributed by atoms with Crippen molar-refractivity contribution < 1.29 is 14.3 Å². The molecular weight excluding hydrogens is 609 g/mol. The monoisotopic (exact) mass is 637 g/mol. The van der Waals surface area contributed by atoms with Gasteiger partial charge in [0.2, 0.25) is 0 Å². The van der Waals surface area contributed by atoms with Crippen LogP contribution >= 0.6 is 34.8 Å². The maximum atomic E-state index is 13.5. The predicted molar refractivity (Wildman–Crippen MR) is 171 cm³/mol. The first-order valence-electron chi connectivity index (χ1n) is 13.8. The zero-order chi connectivity index (χ0) is 30.2. The molecule has 11 heteroatoms. The lowest BCUT2D eigenvalue weighted by Gasteiger charge is -2.26. The lowest BCUT2D eigenvalue weighted by molar-refractivity contribution is -0.117. The van der Waals surface area contributed by atoms with Crippen LogP contribution < -0.4 is 10.6 Å². The van der Waals surface area contributed by atoms with E-state index in [0.717, 1.165) is 37.3 Å². The van der Waals surface area contributed by atoms with Crippen LogP contribution in [-0.4, -0.2) is 65.9 Å². The summed E-state index contributed by atoms with van der Waals surface area (Å²) in [5, 5.41) is 11.7. The topological polar surface area (TPSA) is 88.5 Å². The number of carbonyl (C=O) groups excluding carboxylic acids is 2. The molecule has 1 aliphatic rings. The maximum Gasteiger partial charge on any atom is 0.267 e. The van der Waals surface area contributed by atoms with Gasteiger partial charge in [-0.1, -0.05) is 65.1 Å². The van der Waals surface area contributed by atoms with Crippen molar-refractivity contribution in [2.24, 2.45) is 0 Å². The molecule has 222 valence electrons. The van der Waals surface area contributed by atoms with Crippen molar-refractivity contribution in [3.8, 4) is 16.9 Å². The molecule has 5 rings (SSSR count). The highest BCUT2D eigenvalue weighted by molar-refractivity contribution is 6.36. The smallest absolute Gasteiger partial charge is 0.267 e. The zero-order valence-electron chi connectivity index (χ0n) is 23.2. The van der Waals surface area contributed by atoms with Crippen LogP contribution in [0.25, 0.3) is 23.0 Å². The Morgan fingerprint density at radius 2 is 1.65 bits per heavy atom. The van der Waals surface area contributed by atoms with Gasteiger partial charge in [0.25, 0.3) is 11.8 Å². The molecule has 0 atom stereocenters. The summed E-state index contributed by atoms with van der Waals surface area (Å²) >= 11 is 18.5. The molecule has 4 aromatic rings. The van der Waals surface area contributed by atoms with Gasteiger partial charge in [-0.05, 0) is 61.5 Å². The number of benzene rings is 3. The van der Waals surface area contributed by atoms with Gasteiger partial charge in [0.15, 0.2) is 0 Å². The van der Waals surface area contributed by atoms with Crippen molar-refractivity contribution in [3.05, 3.63) is 111 Å². The van der Waals surface area contributed by atoms with Gasteiger partial charge in [0, 0.05) is 47.0 Å². The van der Waals surface area contributed by atoms with Crippen molar-refractivity contribution in [2.75, 3.05) is 39.4 Å². The molecule has 0 aliphatic carbocycles. The highest BCUT2D eigenvalue weighted by atomic mass is 35.5. The fourth-order valence-electron chi connectivity index (χ4n) is 4.64. The highest BCUT2D eigenvalue weighted by Crippen LogP contribution is 2.27. The molecule has 1 saturated heterocycles. The number of aromatic nitrogens is 2. The number of hydrogen-bond acceptors (Lipinski definition) is 5. The van der Waals surface area contributed by atoms with Gasteiger partial charge in [-0.25, -0.2) is 4.68 Å². The third-order valence-electron chi connectivity index (χ3n) is 6.89. The molecule has 8 nitrogen and oxygen atoms in total. The van der Waals surface area contributed by atoms with Crippen LogP contribution in [0, 0.1) is 0 Å². The van der Waals surface area contributed by atoms with Crippen LogP contribution in [0.1, 0.15) is 22.3 Å². The van der Waals surface area contributed by atoms with Gasteiger partial charge in [-0.15, -0.1) is 0 Å². The van der Waals surface area contributed by atoms with Gasteiger partial charge in [0.1, 0.15) is 11.4 Å². The maximum absolute atomic E-state index is 13.5. The molecule has 1 aromatic heterocycles. The Morgan fingerprint density at radius 3 is 2.37 bits per heavy atom. The van der Waals surface area contributed by atoms with E-state index in [4.69, 9.17) is 44.6 Å². The van der Waals surface area contributed by atoms with E-state index in [1.165, 1.54) is 12.1 Å². The van der Waals surface area contributed by atoms with Crippen molar-refractivity contribution in [2.45, 2.75) is 6.42 Å². The highest BCUT2D eigenvalue weighted by Gasteiger charge is 2.20. The summed E-state index contributed by atoms with van der Waals surface area (Å²) in [6.07, 6.45) is 4.18. The van der Waals surface area contributed by atoms with Crippen LogP contribution in [0.5, 0.6) is 0 Å². The zero-order valence-corrected chi connectivity index (χ0v) is 25.5. The molecule has 0 spiro atoms. The van der Waals surface area contributed by atoms with Crippen LogP contribution in [0.4, 0.5) is 0 Å². The molecule has 0 bridgehead atoms. The fraction of sp³-hybridized carbons (Fsp3) is 0.219. The Labute approximate surface area is 265 Å². The molecule has 2 amide bonds. The number of nitrogens with one attached hydrogen (secondary N) is 2. The van der Waals surface area contributed by atoms with Crippen molar-refractivity contribution in [3.63, 3.8) is 0 Å². The summed E-state index contributed by atoms with van der Waals surface area (Å²) in [6, 6.07) is 21.4. The lowest BCUT2D eigenvalue weighted by atomic mass is 10.1. The quantitative estimate of drug-likeness (QED) is 0.162. The summed E-state index contributed by atoms with van der Waals surface area (Å²) in [5.41, 5.74) is 3.09. The minimum Gasteiger partial charge on any atom is -0.379 e. The number of nitrogens with zero attached hydrogens (tertiary/aromatic N) is 3. The molecule has 0 unspecified atom stereocenters. The molecule has 1 fully saturated rings. The predicted octanol–water partition coefficient (Wildman–Crippen LogP) is 6.11. The minimum absolute atomic E-state index is 0.0465. The number of halogens is 3. The SMILES string of the molecule is O=C(NCCCN1CCOCC1)/C(=C/c1cn(-c2ccccc2)nc1-c1ccc(Cl)cc1)NC(=O)c1ccc(Cl)cc1Cl. The lowest BCUT2D eigenvalue weighted by Crippen LogP contribution is -2.39. The Balaban J connectivity index is 1.46. The van der Waals surface area contributed by atoms with E-state index in [2.05, 4.69) is 15.5 Å². The van der Waals surface area contributed by atoms with E-state index in [-0.39, 0.29) is 16.3 Å². The van der Waals surface area contributed by atoms with E-state index >= 15 is 0 Å². The molecule has 1 aliphatic heterocycles. The number of carbonyl (C=O) groups is 2. The molecule has 2 N–H and O–H groups in total. The molecule has 3 aromatic carbocycles. The minimum atomic E-state index is -0.542. The Bertz CT molecular complexity index is 1600. The second kappa shape index (κ2) is 14.7. The average Bonchev–Trinajstić information content (AvgIpc) is 3.44. The second-order valence-corrected chi connectivity index (χ2v) is 11.2. The van der Waals surface area contributed by atoms with Crippen LogP contribution in [0.15, 0.2) is 84.7 Å². The van der Waals surface area contributed by atoms with E-state index in [1.54, 1.807) is 29.0 Å². The van der Waals surface area contributed by atoms with E-state index < -0.39 is 11.8 Å². The number of rotatable bonds is 10. The Kier molecular flexibility index (Phi) is 10.5. The molecule has 0 radical (unpaired) electrons. The number of hydrogen-bond donors (Lipinski definition) is 2. The van der Waals surface area contributed by atoms with E-state index in [0.29, 0.717) is 41.1 Å². The standard InChI is InChI=1S/C32H30Cl3N5O3/c33-24-9-7-22(8-10-24)30-23(21-40(38-30)26-5-2-1-3-6-26)19-29(37-31(41)27-12-11-25(34)20-28(27)35)32(42)36-13-4-14-39-15-17-43-18-16-39/h1-3,5-12,19-21H,4,13-18H2,(H,36,42)(H,37,41)/b29-19-. The van der Waals surface area contributed by atoms with Gasteiger partial charge >= 0.3 is 0 Å². The summed E-state index contributed by atoms with van der Waals surface area (Å²) in [6.45, 7) is 4.43. The van der Waals surface area contributed by atoms with Crippen molar-refractivity contribution in [1.82, 2.24) is 25.3 Å². The second-order valence-electron chi connectivity index (χ2n) is 9.92. The summed E-state index contributed by atoms with van der Waals surface area (Å²) < 4.78 is 7.14. The van der Waals surface area contributed by atoms with Gasteiger partial charge < -0.3 is 15.4 Å². The molecule has 43 heavy (non-hydrogen) atoms. The van der Waals surface area contributed by atoms with E-state index in [9.17, 15) is 9.59 Å². The van der Waals surface area contributed by atoms with Crippen LogP contribution in [0.2, 0.25) is 15.1 Å². The van der Waals surface area contributed by atoms with E-state index in [1.807, 2.05) is 48.7 Å². The number of ether oxygens (including phenoxy) is 1. The van der Waals surface area contributed by atoms with Gasteiger partial charge in [0.05, 0.1) is 29.5 Å². The normalized spacial score (nSPS) is 14.0. The summed E-state index contributed by atoms with van der Waals surface area (Å²) in [7, 11) is 0. The molecular formula is C32H30Cl3N5O3. The van der Waals surface area contributed by atoms with Crippen molar-refractivity contribution >= 4 is 52.7 Å². The van der Waals surface area contributed by atoms with Gasteiger partial charge in [-0.2, -0.15) is 5.10 Å². The third kappa shape index (κ3) is 8.25. The first kappa shape index (κ1) is 30.8. The number of para-hydroxylation sites is 1. The Hall–Kier alpha value is -3.66. The first-order valence-corrected chi connectivity index (χ1v) is 15.0. The average molecular weight is 639 g/mol. The molecule has 2 heterocycles. The van der Waals surface area contributed by atoms with Crippen LogP contribution in [-0.2, 0) is 9.53 Å². The largest absolute Gasteiger partial charge is 0.379 e. The summed E-state index contributed by atoms with van der Waals surface area (Å²) in [4.78, 5) is 29.2. The fourth-order valence-corrected chi connectivity index (χ4v) is 5.26. The van der Waals surface area contributed by atoms with Gasteiger partial charge in [-0.3, -0.25) is 14.5 Å². The number of morpholine rings is 1. The number of amides is 2. The van der Waals surface area contributed by atoms with Crippen LogP contribution in [0.3, 0.4) is 0 Å². The summed E-state index contributed by atoms with van der Waals surface area (Å²) in [5.74, 6) is -0.977.